The standard InChI is InChI=1S/C58H94O6/c1-4-7-10-13-16-19-21-23-25-26-27-28-29-30-31-32-34-35-37-39-42-45-48-51-57(60)63-54-55(53-62-56(59)50-47-44-41-18-15-12-9-6-3)64-58(61)52-49-46-43-40-38-36-33-24-22-20-17-14-11-8-5-2/h7,10,16-17,19-20,23-25,27-28,30-31,33-35,39,42,55H,4-6,8-9,11-15,18,21-22,26,29,32,36-38,40-41,43-54H2,1-3H3/b10-7-,19-16-,20-17-,25-23-,28-27-,31-30-,33-24-,35-34-,42-39-. The first-order valence-corrected chi connectivity index (χ1v) is 25.9. The predicted octanol–water partition coefficient (Wildman–Crippen LogP) is 17.1. The van der Waals surface area contributed by atoms with E-state index in [-0.39, 0.29) is 37.5 Å². The van der Waals surface area contributed by atoms with Crippen molar-refractivity contribution in [3.05, 3.63) is 109 Å². The molecule has 64 heavy (non-hydrogen) atoms. The third kappa shape index (κ3) is 49.1. The fourth-order valence-electron chi connectivity index (χ4n) is 6.64. The second-order valence-corrected chi connectivity index (χ2v) is 16.7. The molecule has 362 valence electrons. The molecule has 6 nitrogen and oxygen atoms in total. The quantitative estimate of drug-likeness (QED) is 0.0262. The van der Waals surface area contributed by atoms with Crippen LogP contribution in [0.2, 0.25) is 0 Å². The zero-order valence-electron chi connectivity index (χ0n) is 41.3. The minimum Gasteiger partial charge on any atom is -0.462 e. The van der Waals surface area contributed by atoms with Crippen LogP contribution in [0.4, 0.5) is 0 Å². The Balaban J connectivity index is 4.42. The van der Waals surface area contributed by atoms with E-state index in [0.717, 1.165) is 116 Å². The highest BCUT2D eigenvalue weighted by atomic mass is 16.6. The van der Waals surface area contributed by atoms with Gasteiger partial charge in [0.25, 0.3) is 0 Å². The molecule has 0 saturated carbocycles. The average Bonchev–Trinajstić information content (AvgIpc) is 3.29. The highest BCUT2D eigenvalue weighted by Crippen LogP contribution is 2.13. The number of carbonyl (C=O) groups excluding carboxylic acids is 3. The first-order chi connectivity index (χ1) is 31.5. The molecule has 0 aromatic carbocycles. The lowest BCUT2D eigenvalue weighted by Crippen LogP contribution is -2.30. The molecule has 0 aliphatic carbocycles. The Morgan fingerprint density at radius 2 is 0.625 bits per heavy atom. The van der Waals surface area contributed by atoms with E-state index in [2.05, 4.69) is 130 Å². The molecule has 0 aliphatic rings. The summed E-state index contributed by atoms with van der Waals surface area (Å²) in [5.74, 6) is -0.990. The maximum absolute atomic E-state index is 12.8. The smallest absolute Gasteiger partial charge is 0.306 e. The summed E-state index contributed by atoms with van der Waals surface area (Å²) in [6.07, 6.45) is 69.4. The van der Waals surface area contributed by atoms with Gasteiger partial charge in [-0.15, -0.1) is 0 Å². The van der Waals surface area contributed by atoms with Crippen molar-refractivity contribution < 1.29 is 28.6 Å². The summed E-state index contributed by atoms with van der Waals surface area (Å²) < 4.78 is 16.7. The maximum Gasteiger partial charge on any atom is 0.306 e. The Morgan fingerprint density at radius 3 is 1.05 bits per heavy atom. The van der Waals surface area contributed by atoms with Crippen LogP contribution in [-0.2, 0) is 28.6 Å². The van der Waals surface area contributed by atoms with E-state index in [4.69, 9.17) is 14.2 Å². The Kier molecular flexibility index (Phi) is 48.5. The number of rotatable bonds is 45. The molecule has 1 unspecified atom stereocenters. The fraction of sp³-hybridized carbons (Fsp3) is 0.638. The molecule has 0 aliphatic heterocycles. The summed E-state index contributed by atoms with van der Waals surface area (Å²) in [5, 5.41) is 0. The first-order valence-electron chi connectivity index (χ1n) is 25.9. The van der Waals surface area contributed by atoms with Crippen LogP contribution in [-0.4, -0.2) is 37.2 Å². The fourth-order valence-corrected chi connectivity index (χ4v) is 6.64. The van der Waals surface area contributed by atoms with Gasteiger partial charge in [0.05, 0.1) is 0 Å². The Hall–Kier alpha value is -3.93. The molecule has 0 bridgehead atoms. The summed E-state index contributed by atoms with van der Waals surface area (Å²) in [4.78, 5) is 37.8. The van der Waals surface area contributed by atoms with Crippen LogP contribution in [0.3, 0.4) is 0 Å². The highest BCUT2D eigenvalue weighted by molar-refractivity contribution is 5.71. The summed E-state index contributed by atoms with van der Waals surface area (Å²) in [6.45, 7) is 6.39. The monoisotopic (exact) mass is 887 g/mol. The van der Waals surface area contributed by atoms with Crippen molar-refractivity contribution in [3.8, 4) is 0 Å². The maximum atomic E-state index is 12.8. The zero-order chi connectivity index (χ0) is 46.5. The van der Waals surface area contributed by atoms with Gasteiger partial charge < -0.3 is 14.2 Å². The molecule has 0 radical (unpaired) electrons. The predicted molar refractivity (Wildman–Crippen MR) is 274 cm³/mol. The second kappa shape index (κ2) is 51.7. The second-order valence-electron chi connectivity index (χ2n) is 16.7. The lowest BCUT2D eigenvalue weighted by atomic mass is 10.1. The third-order valence-electron chi connectivity index (χ3n) is 10.5. The number of allylic oxidation sites excluding steroid dienone is 18. The van der Waals surface area contributed by atoms with Crippen LogP contribution in [0, 0.1) is 0 Å². The SMILES string of the molecule is CC/C=C\C/C=C\C/C=C\C/C=C\C/C=C\C/C=C\C/C=C\CCCC(=O)OCC(COC(=O)CCCCCCCCCC)OC(=O)CCCCCCC/C=C\C/C=C\CCCCC. The van der Waals surface area contributed by atoms with E-state index < -0.39 is 6.10 Å². The van der Waals surface area contributed by atoms with Crippen molar-refractivity contribution in [2.45, 2.75) is 226 Å². The minimum absolute atomic E-state index is 0.103. The van der Waals surface area contributed by atoms with Crippen LogP contribution >= 0.6 is 0 Å². The van der Waals surface area contributed by atoms with Crippen LogP contribution in [0.15, 0.2) is 109 Å². The summed E-state index contributed by atoms with van der Waals surface area (Å²) in [5.41, 5.74) is 0. The normalized spacial score (nSPS) is 13.0. The number of ether oxygens (including phenoxy) is 3. The largest absolute Gasteiger partial charge is 0.462 e. The number of esters is 3. The molecule has 0 amide bonds. The molecule has 0 aromatic rings. The molecule has 0 heterocycles. The van der Waals surface area contributed by atoms with Gasteiger partial charge in [-0.25, -0.2) is 0 Å². The van der Waals surface area contributed by atoms with Crippen LogP contribution < -0.4 is 0 Å². The lowest BCUT2D eigenvalue weighted by molar-refractivity contribution is -0.167. The highest BCUT2D eigenvalue weighted by Gasteiger charge is 2.19. The molecule has 0 saturated heterocycles. The molecule has 0 N–H and O–H groups in total. The molecule has 1 atom stereocenters. The van der Waals surface area contributed by atoms with E-state index in [1.807, 2.05) is 0 Å². The van der Waals surface area contributed by atoms with Crippen LogP contribution in [0.1, 0.15) is 220 Å². The Bertz CT molecular complexity index is 1340. The van der Waals surface area contributed by atoms with Crippen molar-refractivity contribution >= 4 is 17.9 Å². The molecular formula is C58H94O6. The van der Waals surface area contributed by atoms with Crippen molar-refractivity contribution in [1.29, 1.82) is 0 Å². The van der Waals surface area contributed by atoms with Gasteiger partial charge in [-0.2, -0.15) is 0 Å². The minimum atomic E-state index is -0.807. The van der Waals surface area contributed by atoms with Crippen LogP contribution in [0.5, 0.6) is 0 Å². The number of carbonyl (C=O) groups is 3. The van der Waals surface area contributed by atoms with Crippen molar-refractivity contribution in [2.75, 3.05) is 13.2 Å². The van der Waals surface area contributed by atoms with Gasteiger partial charge in [0.15, 0.2) is 6.10 Å². The summed E-state index contributed by atoms with van der Waals surface area (Å²) in [6, 6.07) is 0. The van der Waals surface area contributed by atoms with E-state index in [0.29, 0.717) is 19.3 Å². The van der Waals surface area contributed by atoms with Gasteiger partial charge in [0.2, 0.25) is 0 Å². The van der Waals surface area contributed by atoms with Gasteiger partial charge in [0.1, 0.15) is 13.2 Å². The van der Waals surface area contributed by atoms with Gasteiger partial charge in [-0.3, -0.25) is 14.4 Å². The van der Waals surface area contributed by atoms with Crippen LogP contribution in [0.25, 0.3) is 0 Å². The number of unbranched alkanes of at least 4 members (excludes halogenated alkanes) is 16. The van der Waals surface area contributed by atoms with E-state index in [1.165, 1.54) is 57.8 Å². The number of hydrogen-bond acceptors (Lipinski definition) is 6. The Morgan fingerprint density at radius 1 is 0.328 bits per heavy atom. The summed E-state index contributed by atoms with van der Waals surface area (Å²) in [7, 11) is 0. The molecular weight excluding hydrogens is 793 g/mol. The molecule has 6 heteroatoms. The molecule has 0 spiro atoms. The van der Waals surface area contributed by atoms with Gasteiger partial charge in [0, 0.05) is 19.3 Å². The molecule has 0 fully saturated rings. The Labute approximate surface area is 393 Å². The summed E-state index contributed by atoms with van der Waals surface area (Å²) >= 11 is 0. The van der Waals surface area contributed by atoms with Crippen molar-refractivity contribution in [3.63, 3.8) is 0 Å². The van der Waals surface area contributed by atoms with E-state index in [9.17, 15) is 14.4 Å². The van der Waals surface area contributed by atoms with Gasteiger partial charge >= 0.3 is 17.9 Å². The van der Waals surface area contributed by atoms with E-state index >= 15 is 0 Å². The zero-order valence-corrected chi connectivity index (χ0v) is 41.3. The van der Waals surface area contributed by atoms with Crippen molar-refractivity contribution in [2.24, 2.45) is 0 Å². The van der Waals surface area contributed by atoms with Gasteiger partial charge in [-0.1, -0.05) is 207 Å². The lowest BCUT2D eigenvalue weighted by Gasteiger charge is -2.18. The first kappa shape index (κ1) is 60.1. The third-order valence-corrected chi connectivity index (χ3v) is 10.5. The number of hydrogen-bond donors (Lipinski definition) is 0. The average molecular weight is 887 g/mol. The topological polar surface area (TPSA) is 78.9 Å². The molecule has 0 aromatic heterocycles. The van der Waals surface area contributed by atoms with Crippen molar-refractivity contribution in [1.82, 2.24) is 0 Å². The molecule has 0 rings (SSSR count). The van der Waals surface area contributed by atoms with E-state index in [1.54, 1.807) is 0 Å². The van der Waals surface area contributed by atoms with Gasteiger partial charge in [-0.05, 0) is 103 Å².